The van der Waals surface area contributed by atoms with E-state index in [4.69, 9.17) is 9.47 Å². The molecule has 22 heavy (non-hydrogen) atoms. The smallest absolute Gasteiger partial charge is 0.410 e. The Hall–Kier alpha value is -2.30. The van der Waals surface area contributed by atoms with Crippen molar-refractivity contribution in [3.63, 3.8) is 0 Å². The van der Waals surface area contributed by atoms with Crippen molar-refractivity contribution in [1.29, 1.82) is 0 Å². The number of carbonyl (C=O) groups excluding carboxylic acids is 2. The lowest BCUT2D eigenvalue weighted by molar-refractivity contribution is -0.139. The van der Waals surface area contributed by atoms with Gasteiger partial charge in [0.15, 0.2) is 0 Å². The van der Waals surface area contributed by atoms with E-state index in [0.717, 1.165) is 5.56 Å². The SMILES string of the molecule is C=C(C(=O)OCC)C1CCN(C(=O)OCc2ccccc2)C1. The molecule has 0 spiro atoms. The zero-order valence-corrected chi connectivity index (χ0v) is 12.8. The molecular formula is C17H21NO4. The number of carbonyl (C=O) groups is 2. The Morgan fingerprint density at radius 1 is 1.27 bits per heavy atom. The first-order valence-corrected chi connectivity index (χ1v) is 7.43. The van der Waals surface area contributed by atoms with Crippen LogP contribution < -0.4 is 0 Å². The third-order valence-corrected chi connectivity index (χ3v) is 3.68. The molecule has 0 aromatic heterocycles. The molecule has 0 bridgehead atoms. The molecule has 1 amide bonds. The molecule has 118 valence electrons. The Morgan fingerprint density at radius 3 is 2.68 bits per heavy atom. The number of likely N-dealkylation sites (tertiary alicyclic amines) is 1. The van der Waals surface area contributed by atoms with E-state index >= 15 is 0 Å². The Morgan fingerprint density at radius 2 is 2.00 bits per heavy atom. The van der Waals surface area contributed by atoms with Crippen molar-refractivity contribution >= 4 is 12.1 Å². The fourth-order valence-electron chi connectivity index (χ4n) is 2.41. The summed E-state index contributed by atoms with van der Waals surface area (Å²) in [5, 5.41) is 0. The summed E-state index contributed by atoms with van der Waals surface area (Å²) in [7, 11) is 0. The number of ether oxygens (including phenoxy) is 2. The third kappa shape index (κ3) is 4.10. The fourth-order valence-corrected chi connectivity index (χ4v) is 2.41. The van der Waals surface area contributed by atoms with Crippen molar-refractivity contribution < 1.29 is 19.1 Å². The van der Waals surface area contributed by atoms with Gasteiger partial charge in [0, 0.05) is 24.6 Å². The Balaban J connectivity index is 1.81. The number of hydrogen-bond donors (Lipinski definition) is 0. The van der Waals surface area contributed by atoms with Gasteiger partial charge in [-0.15, -0.1) is 0 Å². The molecule has 0 N–H and O–H groups in total. The first kappa shape index (κ1) is 16.1. The van der Waals surface area contributed by atoms with Gasteiger partial charge in [-0.1, -0.05) is 36.9 Å². The predicted molar refractivity (Wildman–Crippen MR) is 82.1 cm³/mol. The van der Waals surface area contributed by atoms with Crippen LogP contribution in [0.3, 0.4) is 0 Å². The van der Waals surface area contributed by atoms with Gasteiger partial charge < -0.3 is 14.4 Å². The first-order valence-electron chi connectivity index (χ1n) is 7.43. The zero-order chi connectivity index (χ0) is 15.9. The van der Waals surface area contributed by atoms with Gasteiger partial charge >= 0.3 is 12.1 Å². The lowest BCUT2D eigenvalue weighted by Crippen LogP contribution is -2.30. The molecule has 1 unspecified atom stereocenters. The number of hydrogen-bond acceptors (Lipinski definition) is 4. The van der Waals surface area contributed by atoms with Gasteiger partial charge in [0.05, 0.1) is 6.61 Å². The molecule has 0 radical (unpaired) electrons. The predicted octanol–water partition coefficient (Wildman–Crippen LogP) is 2.76. The van der Waals surface area contributed by atoms with Crippen LogP contribution in [0.15, 0.2) is 42.5 Å². The van der Waals surface area contributed by atoms with Gasteiger partial charge in [0.1, 0.15) is 6.61 Å². The standard InChI is InChI=1S/C17H21NO4/c1-3-21-16(19)13(2)15-9-10-18(11-15)17(20)22-12-14-7-5-4-6-8-14/h4-8,15H,2-3,9-12H2,1H3. The summed E-state index contributed by atoms with van der Waals surface area (Å²) in [6, 6.07) is 9.53. The lowest BCUT2D eigenvalue weighted by atomic mass is 10.0. The van der Waals surface area contributed by atoms with Crippen molar-refractivity contribution in [1.82, 2.24) is 4.90 Å². The summed E-state index contributed by atoms with van der Waals surface area (Å²) in [5.41, 5.74) is 1.38. The first-order chi connectivity index (χ1) is 10.6. The number of nitrogens with zero attached hydrogens (tertiary/aromatic N) is 1. The van der Waals surface area contributed by atoms with Gasteiger partial charge in [0.2, 0.25) is 0 Å². The molecule has 1 aromatic rings. The van der Waals surface area contributed by atoms with E-state index in [1.165, 1.54) is 0 Å². The molecule has 0 aliphatic carbocycles. The Labute approximate surface area is 130 Å². The van der Waals surface area contributed by atoms with Crippen LogP contribution in [0.25, 0.3) is 0 Å². The van der Waals surface area contributed by atoms with E-state index in [0.29, 0.717) is 31.7 Å². The highest BCUT2D eigenvalue weighted by Gasteiger charge is 2.31. The summed E-state index contributed by atoms with van der Waals surface area (Å²) in [6.07, 6.45) is 0.348. The van der Waals surface area contributed by atoms with Crippen molar-refractivity contribution in [2.24, 2.45) is 5.92 Å². The highest BCUT2D eigenvalue weighted by molar-refractivity contribution is 5.88. The maximum Gasteiger partial charge on any atom is 0.410 e. The molecule has 0 saturated carbocycles. The molecule has 2 rings (SSSR count). The van der Waals surface area contributed by atoms with E-state index < -0.39 is 0 Å². The van der Waals surface area contributed by atoms with Gasteiger partial charge in [-0.2, -0.15) is 0 Å². The summed E-state index contributed by atoms with van der Waals surface area (Å²) < 4.78 is 10.2. The molecule has 1 aromatic carbocycles. The number of esters is 1. The second kappa shape index (κ2) is 7.64. The molecular weight excluding hydrogens is 282 g/mol. The van der Waals surface area contributed by atoms with Crippen LogP contribution in [0.5, 0.6) is 0 Å². The monoisotopic (exact) mass is 303 g/mol. The van der Waals surface area contributed by atoms with Crippen LogP contribution >= 0.6 is 0 Å². The summed E-state index contributed by atoms with van der Waals surface area (Å²) in [4.78, 5) is 25.3. The zero-order valence-electron chi connectivity index (χ0n) is 12.8. The summed E-state index contributed by atoms with van der Waals surface area (Å²) >= 11 is 0. The minimum absolute atomic E-state index is 0.0525. The number of amides is 1. The fraction of sp³-hybridized carbons (Fsp3) is 0.412. The van der Waals surface area contributed by atoms with Crippen LogP contribution in [-0.2, 0) is 20.9 Å². The molecule has 1 aliphatic heterocycles. The third-order valence-electron chi connectivity index (χ3n) is 3.68. The van der Waals surface area contributed by atoms with Crippen LogP contribution in [-0.4, -0.2) is 36.7 Å². The summed E-state index contributed by atoms with van der Waals surface area (Å²) in [6.45, 7) is 7.14. The minimum atomic E-state index is -0.382. The molecule has 1 saturated heterocycles. The van der Waals surface area contributed by atoms with Crippen molar-refractivity contribution in [3.05, 3.63) is 48.0 Å². The molecule has 1 heterocycles. The largest absolute Gasteiger partial charge is 0.463 e. The van der Waals surface area contributed by atoms with E-state index in [1.54, 1.807) is 11.8 Å². The maximum atomic E-state index is 12.0. The van der Waals surface area contributed by atoms with Crippen LogP contribution in [0.4, 0.5) is 4.79 Å². The summed E-state index contributed by atoms with van der Waals surface area (Å²) in [5.74, 6) is -0.435. The maximum absolute atomic E-state index is 12.0. The average Bonchev–Trinajstić information content (AvgIpc) is 3.03. The molecule has 1 fully saturated rings. The highest BCUT2D eigenvalue weighted by Crippen LogP contribution is 2.24. The van der Waals surface area contributed by atoms with Crippen LogP contribution in [0.2, 0.25) is 0 Å². The highest BCUT2D eigenvalue weighted by atomic mass is 16.6. The molecule has 5 nitrogen and oxygen atoms in total. The Kier molecular flexibility index (Phi) is 5.58. The van der Waals surface area contributed by atoms with Gasteiger partial charge in [-0.25, -0.2) is 9.59 Å². The Bertz CT molecular complexity index is 541. The molecule has 5 heteroatoms. The van der Waals surface area contributed by atoms with Crippen molar-refractivity contribution in [2.45, 2.75) is 20.0 Å². The number of benzene rings is 1. The van der Waals surface area contributed by atoms with Crippen LogP contribution in [0, 0.1) is 5.92 Å². The van der Waals surface area contributed by atoms with Gasteiger partial charge in [-0.3, -0.25) is 0 Å². The van der Waals surface area contributed by atoms with Crippen molar-refractivity contribution in [3.8, 4) is 0 Å². The number of rotatable bonds is 5. The van der Waals surface area contributed by atoms with Gasteiger partial charge in [0.25, 0.3) is 0 Å². The van der Waals surface area contributed by atoms with Crippen LogP contribution in [0.1, 0.15) is 18.9 Å². The second-order valence-electron chi connectivity index (χ2n) is 5.22. The molecule has 1 aliphatic rings. The normalized spacial score (nSPS) is 17.1. The second-order valence-corrected chi connectivity index (χ2v) is 5.22. The lowest BCUT2D eigenvalue weighted by Gasteiger charge is -2.17. The van der Waals surface area contributed by atoms with E-state index in [-0.39, 0.29) is 24.6 Å². The van der Waals surface area contributed by atoms with E-state index in [9.17, 15) is 9.59 Å². The molecule has 1 atom stereocenters. The minimum Gasteiger partial charge on any atom is -0.463 e. The van der Waals surface area contributed by atoms with Gasteiger partial charge in [-0.05, 0) is 18.9 Å². The van der Waals surface area contributed by atoms with E-state index in [2.05, 4.69) is 6.58 Å². The quantitative estimate of drug-likeness (QED) is 0.620. The topological polar surface area (TPSA) is 55.8 Å². The van der Waals surface area contributed by atoms with Crippen molar-refractivity contribution in [2.75, 3.05) is 19.7 Å². The average molecular weight is 303 g/mol. The van der Waals surface area contributed by atoms with E-state index in [1.807, 2.05) is 30.3 Å².